The lowest BCUT2D eigenvalue weighted by Crippen LogP contribution is -2.10. The molecule has 112 valence electrons. The van der Waals surface area contributed by atoms with Crippen LogP contribution >= 0.6 is 11.6 Å². The number of rotatable bonds is 4. The second kappa shape index (κ2) is 6.76. The Morgan fingerprint density at radius 1 is 0.857 bits per heavy atom. The quantitative estimate of drug-likeness (QED) is 0.767. The first kappa shape index (κ1) is 16.3. The molecule has 0 spiro atoms. The van der Waals surface area contributed by atoms with Crippen molar-refractivity contribution >= 4 is 22.4 Å². The summed E-state index contributed by atoms with van der Waals surface area (Å²) in [6.45, 7) is 6.59. The molecule has 2 aromatic carbocycles. The molecule has 3 heteroatoms. The van der Waals surface area contributed by atoms with Gasteiger partial charge in [-0.2, -0.15) is 0 Å². The van der Waals surface area contributed by atoms with Crippen molar-refractivity contribution in [3.63, 3.8) is 0 Å². The molecular weight excluding hydrogens is 300 g/mol. The maximum Gasteiger partial charge on any atom is 0.0489 e. The van der Waals surface area contributed by atoms with E-state index < -0.39 is 10.8 Å². The van der Waals surface area contributed by atoms with Crippen LogP contribution in [0.4, 0.5) is 0 Å². The second-order valence-corrected chi connectivity index (χ2v) is 8.20. The van der Waals surface area contributed by atoms with E-state index in [1.165, 1.54) is 5.56 Å². The lowest BCUT2D eigenvalue weighted by atomic mass is 9.87. The Bertz CT molecular complexity index is 609. The summed E-state index contributed by atoms with van der Waals surface area (Å²) in [5.41, 5.74) is 3.63. The summed E-state index contributed by atoms with van der Waals surface area (Å²) in [4.78, 5) is 0. The first-order valence-electron chi connectivity index (χ1n) is 7.03. The zero-order valence-corrected chi connectivity index (χ0v) is 14.3. The van der Waals surface area contributed by atoms with E-state index in [0.717, 1.165) is 11.1 Å². The molecule has 0 saturated heterocycles. The molecule has 0 aliphatic rings. The van der Waals surface area contributed by atoms with E-state index in [1.54, 1.807) is 0 Å². The molecule has 0 N–H and O–H groups in total. The first-order chi connectivity index (χ1) is 9.84. The summed E-state index contributed by atoms with van der Waals surface area (Å²) in [6.07, 6.45) is 0. The predicted octanol–water partition coefficient (Wildman–Crippen LogP) is 5.09. The largest absolute Gasteiger partial charge is 0.259 e. The first-order valence-corrected chi connectivity index (χ1v) is 8.90. The van der Waals surface area contributed by atoms with Gasteiger partial charge in [-0.15, -0.1) is 0 Å². The molecule has 1 unspecified atom stereocenters. The maximum absolute atomic E-state index is 12.2. The highest BCUT2D eigenvalue weighted by atomic mass is 35.5. The Morgan fingerprint density at radius 2 is 1.29 bits per heavy atom. The molecule has 0 aliphatic carbocycles. The minimum atomic E-state index is -0.899. The zero-order valence-electron chi connectivity index (χ0n) is 12.7. The summed E-state index contributed by atoms with van der Waals surface area (Å²) >= 11 is 5.85. The van der Waals surface area contributed by atoms with E-state index in [-0.39, 0.29) is 5.41 Å². The fraction of sp³-hybridized carbons (Fsp3) is 0.333. The Kier molecular flexibility index (Phi) is 5.23. The van der Waals surface area contributed by atoms with Gasteiger partial charge in [0.2, 0.25) is 0 Å². The number of benzene rings is 2. The second-order valence-electron chi connectivity index (χ2n) is 6.30. The smallest absolute Gasteiger partial charge is 0.0489 e. The third kappa shape index (κ3) is 4.98. The monoisotopic (exact) mass is 320 g/mol. The van der Waals surface area contributed by atoms with Crippen LogP contribution in [0.3, 0.4) is 0 Å². The van der Waals surface area contributed by atoms with E-state index in [1.807, 2.05) is 24.3 Å². The molecule has 0 radical (unpaired) electrons. The summed E-state index contributed by atoms with van der Waals surface area (Å²) in [5.74, 6) is 1.16. The predicted molar refractivity (Wildman–Crippen MR) is 92.1 cm³/mol. The lowest BCUT2D eigenvalue weighted by Gasteiger charge is -2.19. The van der Waals surface area contributed by atoms with Crippen LogP contribution < -0.4 is 0 Å². The number of halogens is 1. The third-order valence-electron chi connectivity index (χ3n) is 3.39. The highest BCUT2D eigenvalue weighted by molar-refractivity contribution is 7.83. The van der Waals surface area contributed by atoms with E-state index in [4.69, 9.17) is 11.6 Å². The van der Waals surface area contributed by atoms with Crippen molar-refractivity contribution in [1.82, 2.24) is 0 Å². The van der Waals surface area contributed by atoms with E-state index in [9.17, 15) is 4.21 Å². The Labute approximate surface area is 134 Å². The van der Waals surface area contributed by atoms with E-state index in [0.29, 0.717) is 16.5 Å². The highest BCUT2D eigenvalue weighted by Crippen LogP contribution is 2.22. The van der Waals surface area contributed by atoms with Crippen molar-refractivity contribution in [2.24, 2.45) is 0 Å². The average Bonchev–Trinajstić information content (AvgIpc) is 2.41. The molecule has 21 heavy (non-hydrogen) atoms. The summed E-state index contributed by atoms with van der Waals surface area (Å²) < 4.78 is 12.2. The van der Waals surface area contributed by atoms with Crippen LogP contribution in [0, 0.1) is 0 Å². The van der Waals surface area contributed by atoms with Crippen molar-refractivity contribution < 1.29 is 4.21 Å². The standard InChI is InChI=1S/C18H21ClOS/c1-18(2,3)16-8-4-14(5-9-16)12-21(20)13-15-6-10-17(19)11-7-15/h4-11H,12-13H2,1-3H3. The van der Waals surface area contributed by atoms with Crippen LogP contribution in [0.1, 0.15) is 37.5 Å². The van der Waals surface area contributed by atoms with Gasteiger partial charge in [0.25, 0.3) is 0 Å². The minimum absolute atomic E-state index is 0.154. The van der Waals surface area contributed by atoms with Gasteiger partial charge >= 0.3 is 0 Å². The van der Waals surface area contributed by atoms with Gasteiger partial charge in [-0.1, -0.05) is 68.8 Å². The van der Waals surface area contributed by atoms with Crippen LogP contribution in [0.5, 0.6) is 0 Å². The highest BCUT2D eigenvalue weighted by Gasteiger charge is 2.13. The molecule has 0 aliphatic heterocycles. The van der Waals surface area contributed by atoms with Crippen molar-refractivity contribution in [3.8, 4) is 0 Å². The van der Waals surface area contributed by atoms with Crippen LogP contribution in [-0.4, -0.2) is 4.21 Å². The number of hydrogen-bond donors (Lipinski definition) is 0. The van der Waals surface area contributed by atoms with Crippen LogP contribution in [0.2, 0.25) is 5.02 Å². The van der Waals surface area contributed by atoms with Crippen molar-refractivity contribution in [3.05, 3.63) is 70.2 Å². The van der Waals surface area contributed by atoms with Gasteiger partial charge in [0, 0.05) is 27.3 Å². The molecular formula is C18H21ClOS. The zero-order chi connectivity index (χ0) is 15.5. The Balaban J connectivity index is 1.98. The molecule has 2 rings (SSSR count). The van der Waals surface area contributed by atoms with Crippen molar-refractivity contribution in [2.45, 2.75) is 37.7 Å². The Hall–Kier alpha value is -1.12. The molecule has 0 saturated carbocycles. The molecule has 2 aromatic rings. The van der Waals surface area contributed by atoms with Gasteiger partial charge < -0.3 is 0 Å². The molecule has 0 bridgehead atoms. The molecule has 0 fully saturated rings. The maximum atomic E-state index is 12.2. The fourth-order valence-electron chi connectivity index (χ4n) is 2.10. The van der Waals surface area contributed by atoms with Gasteiger partial charge in [0.1, 0.15) is 0 Å². The molecule has 0 aromatic heterocycles. The summed E-state index contributed by atoms with van der Waals surface area (Å²) in [5, 5.41) is 0.710. The van der Waals surface area contributed by atoms with Gasteiger partial charge in [0.15, 0.2) is 0 Å². The molecule has 0 amide bonds. The van der Waals surface area contributed by atoms with Crippen LogP contribution in [0.15, 0.2) is 48.5 Å². The molecule has 0 heterocycles. The summed E-state index contributed by atoms with van der Waals surface area (Å²) in [6, 6.07) is 16.0. The van der Waals surface area contributed by atoms with E-state index >= 15 is 0 Å². The van der Waals surface area contributed by atoms with Crippen LogP contribution in [0.25, 0.3) is 0 Å². The number of hydrogen-bond acceptors (Lipinski definition) is 1. The van der Waals surface area contributed by atoms with Gasteiger partial charge in [-0.05, 0) is 34.2 Å². The third-order valence-corrected chi connectivity index (χ3v) is 4.95. The lowest BCUT2D eigenvalue weighted by molar-refractivity contribution is 0.590. The Morgan fingerprint density at radius 3 is 1.71 bits per heavy atom. The summed E-state index contributed by atoms with van der Waals surface area (Å²) in [7, 11) is -0.899. The minimum Gasteiger partial charge on any atom is -0.259 e. The van der Waals surface area contributed by atoms with Gasteiger partial charge in [0.05, 0.1) is 0 Å². The van der Waals surface area contributed by atoms with E-state index in [2.05, 4.69) is 45.0 Å². The van der Waals surface area contributed by atoms with Gasteiger partial charge in [-0.25, -0.2) is 0 Å². The fourth-order valence-corrected chi connectivity index (χ4v) is 3.46. The van der Waals surface area contributed by atoms with Crippen molar-refractivity contribution in [1.29, 1.82) is 0 Å². The molecule has 1 atom stereocenters. The van der Waals surface area contributed by atoms with Gasteiger partial charge in [-0.3, -0.25) is 4.21 Å². The van der Waals surface area contributed by atoms with Crippen LogP contribution in [-0.2, 0) is 27.7 Å². The normalized spacial score (nSPS) is 13.1. The van der Waals surface area contributed by atoms with Crippen molar-refractivity contribution in [2.75, 3.05) is 0 Å². The topological polar surface area (TPSA) is 17.1 Å². The average molecular weight is 321 g/mol. The SMILES string of the molecule is CC(C)(C)c1ccc(CS(=O)Cc2ccc(Cl)cc2)cc1. The molecule has 1 nitrogen and oxygen atoms in total.